The lowest BCUT2D eigenvalue weighted by Gasteiger charge is -2.32. The van der Waals surface area contributed by atoms with E-state index < -0.39 is 0 Å². The second-order valence-corrected chi connectivity index (χ2v) is 4.95. The molecule has 2 unspecified atom stereocenters. The third kappa shape index (κ3) is 2.25. The van der Waals surface area contributed by atoms with Crippen molar-refractivity contribution in [1.82, 2.24) is 0 Å². The van der Waals surface area contributed by atoms with Crippen molar-refractivity contribution >= 4 is 0 Å². The molecule has 3 nitrogen and oxygen atoms in total. The summed E-state index contributed by atoms with van der Waals surface area (Å²) in [4.78, 5) is 0. The van der Waals surface area contributed by atoms with E-state index in [0.29, 0.717) is 19.1 Å². The van der Waals surface area contributed by atoms with Crippen molar-refractivity contribution in [3.05, 3.63) is 23.8 Å². The Labute approximate surface area is 103 Å². The SMILES string of the molecule is CCC(C)C(C)(N)c1ccc2c(c1)OCCO2. The van der Waals surface area contributed by atoms with E-state index in [0.717, 1.165) is 23.5 Å². The van der Waals surface area contributed by atoms with Crippen LogP contribution in [0.5, 0.6) is 11.5 Å². The first-order valence-electron chi connectivity index (χ1n) is 6.24. The summed E-state index contributed by atoms with van der Waals surface area (Å²) in [5.41, 5.74) is 7.21. The van der Waals surface area contributed by atoms with E-state index in [2.05, 4.69) is 20.8 Å². The summed E-state index contributed by atoms with van der Waals surface area (Å²) in [7, 11) is 0. The van der Waals surface area contributed by atoms with Crippen LogP contribution in [0.1, 0.15) is 32.8 Å². The maximum Gasteiger partial charge on any atom is 0.161 e. The summed E-state index contributed by atoms with van der Waals surface area (Å²) in [5, 5.41) is 0. The van der Waals surface area contributed by atoms with Gasteiger partial charge in [0.2, 0.25) is 0 Å². The molecule has 3 heteroatoms. The van der Waals surface area contributed by atoms with Crippen LogP contribution in [0.2, 0.25) is 0 Å². The van der Waals surface area contributed by atoms with Gasteiger partial charge in [-0.1, -0.05) is 26.3 Å². The van der Waals surface area contributed by atoms with E-state index in [1.54, 1.807) is 0 Å². The Balaban J connectivity index is 2.33. The van der Waals surface area contributed by atoms with Gasteiger partial charge in [-0.2, -0.15) is 0 Å². The Morgan fingerprint density at radius 2 is 1.94 bits per heavy atom. The zero-order valence-corrected chi connectivity index (χ0v) is 10.8. The predicted molar refractivity (Wildman–Crippen MR) is 68.4 cm³/mol. The van der Waals surface area contributed by atoms with E-state index >= 15 is 0 Å². The molecule has 0 aliphatic carbocycles. The Morgan fingerprint density at radius 1 is 1.29 bits per heavy atom. The van der Waals surface area contributed by atoms with Crippen molar-refractivity contribution in [3.63, 3.8) is 0 Å². The molecule has 0 fully saturated rings. The van der Waals surface area contributed by atoms with Crippen LogP contribution in [0, 0.1) is 5.92 Å². The van der Waals surface area contributed by atoms with Gasteiger partial charge in [0, 0.05) is 5.54 Å². The minimum atomic E-state index is -0.329. The van der Waals surface area contributed by atoms with Crippen molar-refractivity contribution in [1.29, 1.82) is 0 Å². The van der Waals surface area contributed by atoms with Crippen LogP contribution >= 0.6 is 0 Å². The predicted octanol–water partition coefficient (Wildman–Crippen LogP) is 2.68. The van der Waals surface area contributed by atoms with Gasteiger partial charge < -0.3 is 15.2 Å². The lowest BCUT2D eigenvalue weighted by molar-refractivity contribution is 0.170. The molecular weight excluding hydrogens is 214 g/mol. The van der Waals surface area contributed by atoms with Crippen molar-refractivity contribution < 1.29 is 9.47 Å². The molecule has 1 aromatic rings. The highest BCUT2D eigenvalue weighted by Crippen LogP contribution is 2.36. The molecule has 0 amide bonds. The third-order valence-electron chi connectivity index (χ3n) is 3.80. The fraction of sp³-hybridized carbons (Fsp3) is 0.571. The standard InChI is InChI=1S/C14H21NO2/c1-4-10(2)14(3,15)11-5-6-12-13(9-11)17-8-7-16-12/h5-6,9-10H,4,7-8,15H2,1-3H3. The monoisotopic (exact) mass is 235 g/mol. The first kappa shape index (κ1) is 12.2. The number of rotatable bonds is 3. The van der Waals surface area contributed by atoms with Gasteiger partial charge in [-0.05, 0) is 30.5 Å². The second-order valence-electron chi connectivity index (χ2n) is 4.95. The average molecular weight is 235 g/mol. The van der Waals surface area contributed by atoms with E-state index in [9.17, 15) is 0 Å². The summed E-state index contributed by atoms with van der Waals surface area (Å²) in [5.74, 6) is 2.05. The lowest BCUT2D eigenvalue weighted by Crippen LogP contribution is -2.39. The molecule has 94 valence electrons. The summed E-state index contributed by atoms with van der Waals surface area (Å²) in [6, 6.07) is 6.01. The Bertz CT molecular complexity index is 401. The van der Waals surface area contributed by atoms with Crippen LogP contribution in [0.4, 0.5) is 0 Å². The fourth-order valence-corrected chi connectivity index (χ4v) is 2.09. The van der Waals surface area contributed by atoms with Gasteiger partial charge >= 0.3 is 0 Å². The zero-order valence-electron chi connectivity index (χ0n) is 10.8. The summed E-state index contributed by atoms with van der Waals surface area (Å²) >= 11 is 0. The van der Waals surface area contributed by atoms with E-state index in [-0.39, 0.29) is 5.54 Å². The number of fused-ring (bicyclic) bond motifs is 1. The quantitative estimate of drug-likeness (QED) is 0.876. The van der Waals surface area contributed by atoms with Gasteiger partial charge in [-0.3, -0.25) is 0 Å². The molecule has 0 aromatic heterocycles. The first-order valence-corrected chi connectivity index (χ1v) is 6.24. The molecular formula is C14H21NO2. The van der Waals surface area contributed by atoms with Crippen LogP contribution in [0.15, 0.2) is 18.2 Å². The molecule has 1 aromatic carbocycles. The van der Waals surface area contributed by atoms with Crippen molar-refractivity contribution in [3.8, 4) is 11.5 Å². The molecule has 1 aliphatic heterocycles. The largest absolute Gasteiger partial charge is 0.486 e. The number of benzene rings is 1. The molecule has 0 bridgehead atoms. The number of hydrogen-bond acceptors (Lipinski definition) is 3. The summed E-state index contributed by atoms with van der Waals surface area (Å²) in [6.45, 7) is 7.65. The summed E-state index contributed by atoms with van der Waals surface area (Å²) in [6.07, 6.45) is 1.06. The molecule has 1 aliphatic rings. The molecule has 1 heterocycles. The highest BCUT2D eigenvalue weighted by atomic mass is 16.6. The topological polar surface area (TPSA) is 44.5 Å². The molecule has 2 N–H and O–H groups in total. The second kappa shape index (κ2) is 4.57. The zero-order chi connectivity index (χ0) is 12.5. The van der Waals surface area contributed by atoms with Crippen LogP contribution in [0.3, 0.4) is 0 Å². The first-order chi connectivity index (χ1) is 8.05. The van der Waals surface area contributed by atoms with Gasteiger partial charge in [0.05, 0.1) is 0 Å². The lowest BCUT2D eigenvalue weighted by atomic mass is 9.80. The van der Waals surface area contributed by atoms with E-state index in [1.807, 2.05) is 18.2 Å². The Kier molecular flexibility index (Phi) is 3.29. The highest BCUT2D eigenvalue weighted by Gasteiger charge is 2.28. The third-order valence-corrected chi connectivity index (χ3v) is 3.80. The molecule has 0 radical (unpaired) electrons. The van der Waals surface area contributed by atoms with Gasteiger partial charge in [-0.15, -0.1) is 0 Å². The van der Waals surface area contributed by atoms with E-state index in [1.165, 1.54) is 0 Å². The van der Waals surface area contributed by atoms with Crippen LogP contribution in [-0.2, 0) is 5.54 Å². The minimum absolute atomic E-state index is 0.329. The number of ether oxygens (including phenoxy) is 2. The minimum Gasteiger partial charge on any atom is -0.486 e. The van der Waals surface area contributed by atoms with Gasteiger partial charge in [-0.25, -0.2) is 0 Å². The molecule has 2 rings (SSSR count). The fourth-order valence-electron chi connectivity index (χ4n) is 2.09. The molecule has 2 atom stereocenters. The molecule has 0 spiro atoms. The maximum absolute atomic E-state index is 6.43. The molecule has 0 saturated heterocycles. The average Bonchev–Trinajstić information content (AvgIpc) is 2.37. The van der Waals surface area contributed by atoms with Gasteiger partial charge in [0.1, 0.15) is 13.2 Å². The summed E-state index contributed by atoms with van der Waals surface area (Å²) < 4.78 is 11.1. The van der Waals surface area contributed by atoms with Gasteiger partial charge in [0.25, 0.3) is 0 Å². The normalized spacial score (nSPS) is 19.5. The number of hydrogen-bond donors (Lipinski definition) is 1. The highest BCUT2D eigenvalue weighted by molar-refractivity contribution is 5.45. The number of nitrogens with two attached hydrogens (primary N) is 1. The molecule has 17 heavy (non-hydrogen) atoms. The Hall–Kier alpha value is -1.22. The van der Waals surface area contributed by atoms with E-state index in [4.69, 9.17) is 15.2 Å². The maximum atomic E-state index is 6.43. The van der Waals surface area contributed by atoms with Crippen molar-refractivity contribution in [2.45, 2.75) is 32.7 Å². The molecule has 0 saturated carbocycles. The van der Waals surface area contributed by atoms with Crippen molar-refractivity contribution in [2.24, 2.45) is 11.7 Å². The van der Waals surface area contributed by atoms with Gasteiger partial charge in [0.15, 0.2) is 11.5 Å². The Morgan fingerprint density at radius 3 is 2.59 bits per heavy atom. The van der Waals surface area contributed by atoms with Crippen LogP contribution < -0.4 is 15.2 Å². The smallest absolute Gasteiger partial charge is 0.161 e. The van der Waals surface area contributed by atoms with Crippen LogP contribution in [-0.4, -0.2) is 13.2 Å². The van der Waals surface area contributed by atoms with Crippen molar-refractivity contribution in [2.75, 3.05) is 13.2 Å². The van der Waals surface area contributed by atoms with Crippen LogP contribution in [0.25, 0.3) is 0 Å².